The highest BCUT2D eigenvalue weighted by Crippen LogP contribution is 2.13. The summed E-state index contributed by atoms with van der Waals surface area (Å²) in [7, 11) is 0. The highest BCUT2D eigenvalue weighted by molar-refractivity contribution is 4.87. The number of unbranched alkanes of at least 4 members (excludes halogenated alkanes) is 8. The Hall–Kier alpha value is -0.260. The van der Waals surface area contributed by atoms with Gasteiger partial charge in [-0.2, -0.15) is 0 Å². The third kappa shape index (κ3) is 11.8. The van der Waals surface area contributed by atoms with E-state index in [2.05, 4.69) is 26.8 Å². The third-order valence-corrected chi connectivity index (χ3v) is 3.12. The first kappa shape index (κ1) is 15.7. The Morgan fingerprint density at radius 3 is 1.88 bits per heavy atom. The fraction of sp³-hybridized carbons (Fsp3) is 0.750. The van der Waals surface area contributed by atoms with E-state index in [1.54, 1.807) is 0 Å². The molecule has 0 N–H and O–H groups in total. The van der Waals surface area contributed by atoms with Gasteiger partial charge in [-0.1, -0.05) is 83.8 Å². The van der Waals surface area contributed by atoms with E-state index in [0.29, 0.717) is 0 Å². The second kappa shape index (κ2) is 12.8. The summed E-state index contributed by atoms with van der Waals surface area (Å²) in [5.74, 6) is 0.717. The number of allylic oxidation sites excluding steroid dienone is 2. The Balaban J connectivity index is 3.04. The summed E-state index contributed by atoms with van der Waals surface area (Å²) in [6.07, 6.45) is 17.7. The number of hydrogen-bond acceptors (Lipinski definition) is 0. The molecule has 0 amide bonds. The van der Waals surface area contributed by atoms with E-state index in [1.165, 1.54) is 57.8 Å². The molecule has 0 fully saturated rings. The lowest BCUT2D eigenvalue weighted by Crippen LogP contribution is -1.89. The van der Waals surface area contributed by atoms with Crippen molar-refractivity contribution in [2.75, 3.05) is 0 Å². The zero-order chi connectivity index (χ0) is 12.1. The van der Waals surface area contributed by atoms with Crippen LogP contribution >= 0.6 is 0 Å². The SMILES string of the molecule is [CH2]/C=C/C(C)CCCCCCCCCC[CH2]. The molecule has 0 rings (SSSR count). The lowest BCUT2D eigenvalue weighted by Gasteiger charge is -2.05. The van der Waals surface area contributed by atoms with Crippen LogP contribution in [0.3, 0.4) is 0 Å². The maximum atomic E-state index is 3.87. The summed E-state index contributed by atoms with van der Waals surface area (Å²) in [6.45, 7) is 9.88. The Bertz CT molecular complexity index is 146. The highest BCUT2D eigenvalue weighted by atomic mass is 14.0. The van der Waals surface area contributed by atoms with Gasteiger partial charge in [0.05, 0.1) is 0 Å². The molecule has 0 aromatic carbocycles. The lowest BCUT2D eigenvalue weighted by atomic mass is 10.0. The van der Waals surface area contributed by atoms with E-state index in [1.807, 2.05) is 6.08 Å². The third-order valence-electron chi connectivity index (χ3n) is 3.12. The van der Waals surface area contributed by atoms with Crippen LogP contribution in [0.15, 0.2) is 12.2 Å². The van der Waals surface area contributed by atoms with Crippen molar-refractivity contribution in [2.24, 2.45) is 5.92 Å². The lowest BCUT2D eigenvalue weighted by molar-refractivity contribution is 0.530. The van der Waals surface area contributed by atoms with E-state index in [0.717, 1.165) is 12.3 Å². The average molecular weight is 222 g/mol. The second-order valence-electron chi connectivity index (χ2n) is 4.88. The molecule has 0 aromatic rings. The van der Waals surface area contributed by atoms with Crippen LogP contribution in [-0.4, -0.2) is 0 Å². The standard InChI is InChI=1S/C16H30/c1-4-6-7-8-9-10-11-12-13-15-16(3)14-5-2/h5,14,16H,1-2,4,6-13,15H2,3H3/b14-5+. The van der Waals surface area contributed by atoms with Gasteiger partial charge < -0.3 is 0 Å². The molecule has 0 spiro atoms. The largest absolute Gasteiger partial charge is 0.0880 e. The van der Waals surface area contributed by atoms with Crippen molar-refractivity contribution < 1.29 is 0 Å². The molecule has 0 aliphatic carbocycles. The van der Waals surface area contributed by atoms with Crippen molar-refractivity contribution >= 4 is 0 Å². The maximum absolute atomic E-state index is 3.87. The predicted octanol–water partition coefficient (Wildman–Crippen LogP) is 5.75. The van der Waals surface area contributed by atoms with Crippen molar-refractivity contribution in [3.63, 3.8) is 0 Å². The minimum absolute atomic E-state index is 0.717. The van der Waals surface area contributed by atoms with Gasteiger partial charge in [-0.3, -0.25) is 0 Å². The average Bonchev–Trinajstić information content (AvgIpc) is 2.27. The van der Waals surface area contributed by atoms with Crippen molar-refractivity contribution in [3.8, 4) is 0 Å². The van der Waals surface area contributed by atoms with E-state index >= 15 is 0 Å². The van der Waals surface area contributed by atoms with Gasteiger partial charge >= 0.3 is 0 Å². The molecule has 0 nitrogen and oxygen atoms in total. The first-order chi connectivity index (χ1) is 7.81. The molecular weight excluding hydrogens is 192 g/mol. The first-order valence-corrected chi connectivity index (χ1v) is 7.06. The molecule has 0 aliphatic heterocycles. The predicted molar refractivity (Wildman–Crippen MR) is 75.2 cm³/mol. The highest BCUT2D eigenvalue weighted by Gasteiger charge is 1.96. The normalized spacial score (nSPS) is 13.4. The summed E-state index contributed by atoms with van der Waals surface area (Å²) >= 11 is 0. The Morgan fingerprint density at radius 2 is 1.38 bits per heavy atom. The van der Waals surface area contributed by atoms with E-state index in [9.17, 15) is 0 Å². The van der Waals surface area contributed by atoms with E-state index in [-0.39, 0.29) is 0 Å². The van der Waals surface area contributed by atoms with E-state index in [4.69, 9.17) is 0 Å². The number of hydrogen-bond donors (Lipinski definition) is 0. The minimum Gasteiger partial charge on any atom is -0.0880 e. The van der Waals surface area contributed by atoms with Gasteiger partial charge in [0.2, 0.25) is 0 Å². The minimum atomic E-state index is 0.717. The molecular formula is C16H30. The van der Waals surface area contributed by atoms with Gasteiger partial charge in [-0.25, -0.2) is 0 Å². The van der Waals surface area contributed by atoms with Crippen LogP contribution in [0.5, 0.6) is 0 Å². The van der Waals surface area contributed by atoms with Crippen molar-refractivity contribution in [3.05, 3.63) is 26.0 Å². The van der Waals surface area contributed by atoms with Crippen LogP contribution in [0.25, 0.3) is 0 Å². The second-order valence-corrected chi connectivity index (χ2v) is 4.88. The van der Waals surface area contributed by atoms with Crippen LogP contribution in [0, 0.1) is 19.8 Å². The maximum Gasteiger partial charge on any atom is -0.0262 e. The Kier molecular flexibility index (Phi) is 12.6. The van der Waals surface area contributed by atoms with Crippen LogP contribution in [-0.2, 0) is 0 Å². The zero-order valence-electron chi connectivity index (χ0n) is 11.2. The molecule has 16 heavy (non-hydrogen) atoms. The summed E-state index contributed by atoms with van der Waals surface area (Å²) < 4.78 is 0. The Labute approximate surface area is 104 Å². The molecule has 0 heteroatoms. The van der Waals surface area contributed by atoms with Crippen LogP contribution in [0.2, 0.25) is 0 Å². The smallest absolute Gasteiger partial charge is 0.0262 e. The van der Waals surface area contributed by atoms with Crippen LogP contribution in [0.4, 0.5) is 0 Å². The van der Waals surface area contributed by atoms with Crippen molar-refractivity contribution in [2.45, 2.75) is 71.1 Å². The quantitative estimate of drug-likeness (QED) is 0.391. The topological polar surface area (TPSA) is 0 Å². The molecule has 0 aromatic heterocycles. The van der Waals surface area contributed by atoms with Gasteiger partial charge in [-0.05, 0) is 19.3 Å². The fourth-order valence-corrected chi connectivity index (χ4v) is 2.03. The van der Waals surface area contributed by atoms with Gasteiger partial charge in [0.25, 0.3) is 0 Å². The summed E-state index contributed by atoms with van der Waals surface area (Å²) in [4.78, 5) is 0. The van der Waals surface area contributed by atoms with Gasteiger partial charge in [-0.15, -0.1) is 0 Å². The number of rotatable bonds is 11. The van der Waals surface area contributed by atoms with Crippen LogP contribution in [0.1, 0.15) is 71.1 Å². The zero-order valence-corrected chi connectivity index (χ0v) is 11.2. The molecule has 0 aliphatic rings. The first-order valence-electron chi connectivity index (χ1n) is 7.06. The molecule has 1 atom stereocenters. The fourth-order valence-electron chi connectivity index (χ4n) is 2.03. The molecule has 0 saturated heterocycles. The summed E-state index contributed by atoms with van der Waals surface area (Å²) in [6, 6.07) is 0. The van der Waals surface area contributed by atoms with Crippen LogP contribution < -0.4 is 0 Å². The molecule has 0 bridgehead atoms. The molecule has 1 unspecified atom stereocenters. The Morgan fingerprint density at radius 1 is 0.875 bits per heavy atom. The van der Waals surface area contributed by atoms with Gasteiger partial charge in [0.15, 0.2) is 0 Å². The van der Waals surface area contributed by atoms with Crippen molar-refractivity contribution in [1.29, 1.82) is 0 Å². The van der Waals surface area contributed by atoms with Gasteiger partial charge in [0.1, 0.15) is 0 Å². The van der Waals surface area contributed by atoms with Gasteiger partial charge in [0, 0.05) is 0 Å². The molecule has 2 radical (unpaired) electrons. The summed E-state index contributed by atoms with van der Waals surface area (Å²) in [5.41, 5.74) is 0. The summed E-state index contributed by atoms with van der Waals surface area (Å²) in [5, 5.41) is 0. The molecule has 0 heterocycles. The van der Waals surface area contributed by atoms with E-state index < -0.39 is 0 Å². The molecule has 0 saturated carbocycles. The molecule has 94 valence electrons. The van der Waals surface area contributed by atoms with Crippen molar-refractivity contribution in [1.82, 2.24) is 0 Å². The monoisotopic (exact) mass is 222 g/mol.